The molecule has 0 bridgehead atoms. The quantitative estimate of drug-likeness (QED) is 0.867. The summed E-state index contributed by atoms with van der Waals surface area (Å²) in [6.45, 7) is 9.19. The van der Waals surface area contributed by atoms with Crippen LogP contribution < -0.4 is 10.1 Å². The Bertz CT molecular complexity index is 610. The zero-order valence-electron chi connectivity index (χ0n) is 13.9. The minimum absolute atomic E-state index is 0. The summed E-state index contributed by atoms with van der Waals surface area (Å²) in [6, 6.07) is 6.14. The summed E-state index contributed by atoms with van der Waals surface area (Å²) in [4.78, 5) is 6.70. The second kappa shape index (κ2) is 9.84. The van der Waals surface area contributed by atoms with Crippen LogP contribution in [0, 0.1) is 13.8 Å². The molecule has 0 saturated carbocycles. The third-order valence-electron chi connectivity index (χ3n) is 3.64. The molecule has 24 heavy (non-hydrogen) atoms. The largest absolute Gasteiger partial charge is 0.485 e. The Morgan fingerprint density at radius 3 is 2.46 bits per heavy atom. The van der Waals surface area contributed by atoms with E-state index in [2.05, 4.69) is 40.3 Å². The molecule has 0 spiro atoms. The Morgan fingerprint density at radius 2 is 1.79 bits per heavy atom. The van der Waals surface area contributed by atoms with Crippen molar-refractivity contribution in [1.29, 1.82) is 0 Å². The maximum absolute atomic E-state index is 5.75. The Hall–Kier alpha value is -1.34. The van der Waals surface area contributed by atoms with E-state index in [0.717, 1.165) is 31.9 Å². The van der Waals surface area contributed by atoms with E-state index < -0.39 is 0 Å². The standard InChI is InChI=1S/C16H22N4O2.2ClH/c1-12-7-13(2)9-14(8-12)21-11-15-18-16(22-19-15)10-20-5-3-17-4-6-20;;/h7-9,17H,3-6,10-11H2,1-2H3;2*1H. The zero-order valence-corrected chi connectivity index (χ0v) is 15.6. The number of nitrogens with one attached hydrogen (secondary N) is 1. The molecule has 2 aromatic rings. The van der Waals surface area contributed by atoms with Gasteiger partial charge in [0.15, 0.2) is 6.61 Å². The number of hydrogen-bond acceptors (Lipinski definition) is 6. The average Bonchev–Trinajstić information content (AvgIpc) is 2.93. The summed E-state index contributed by atoms with van der Waals surface area (Å²) < 4.78 is 11.0. The molecule has 0 aliphatic carbocycles. The molecule has 6 nitrogen and oxygen atoms in total. The van der Waals surface area contributed by atoms with E-state index in [9.17, 15) is 0 Å². The van der Waals surface area contributed by atoms with E-state index in [1.165, 1.54) is 11.1 Å². The number of hydrogen-bond donors (Lipinski definition) is 1. The van der Waals surface area contributed by atoms with Crippen LogP contribution in [0.3, 0.4) is 0 Å². The second-order valence-corrected chi connectivity index (χ2v) is 5.74. The van der Waals surface area contributed by atoms with Crippen LogP contribution >= 0.6 is 24.8 Å². The van der Waals surface area contributed by atoms with Crippen molar-refractivity contribution in [2.75, 3.05) is 26.2 Å². The summed E-state index contributed by atoms with van der Waals surface area (Å²) >= 11 is 0. The number of rotatable bonds is 5. The van der Waals surface area contributed by atoms with Gasteiger partial charge in [0.2, 0.25) is 11.7 Å². The molecular weight excluding hydrogens is 351 g/mol. The number of aryl methyl sites for hydroxylation is 2. The molecule has 1 fully saturated rings. The molecule has 0 unspecified atom stereocenters. The van der Waals surface area contributed by atoms with Crippen molar-refractivity contribution in [2.45, 2.75) is 27.0 Å². The van der Waals surface area contributed by atoms with Gasteiger partial charge in [-0.15, -0.1) is 24.8 Å². The van der Waals surface area contributed by atoms with Crippen LogP contribution in [0.4, 0.5) is 0 Å². The molecule has 0 atom stereocenters. The highest BCUT2D eigenvalue weighted by Crippen LogP contribution is 2.17. The summed E-state index contributed by atoms with van der Waals surface area (Å²) in [6.07, 6.45) is 0. The molecule has 1 aromatic heterocycles. The highest BCUT2D eigenvalue weighted by molar-refractivity contribution is 5.85. The number of halogens is 2. The first-order chi connectivity index (χ1) is 10.7. The predicted molar refractivity (Wildman–Crippen MR) is 97.2 cm³/mol. The Balaban J connectivity index is 0.00000144. The second-order valence-electron chi connectivity index (χ2n) is 5.74. The summed E-state index contributed by atoms with van der Waals surface area (Å²) in [7, 11) is 0. The molecule has 1 saturated heterocycles. The van der Waals surface area contributed by atoms with Crippen molar-refractivity contribution in [3.63, 3.8) is 0 Å². The van der Waals surface area contributed by atoms with E-state index in [-0.39, 0.29) is 24.8 Å². The minimum atomic E-state index is 0. The normalized spacial score (nSPS) is 14.6. The van der Waals surface area contributed by atoms with E-state index in [0.29, 0.717) is 24.9 Å². The van der Waals surface area contributed by atoms with Gasteiger partial charge in [-0.3, -0.25) is 4.90 Å². The maximum atomic E-state index is 5.75. The van der Waals surface area contributed by atoms with Crippen LogP contribution in [-0.2, 0) is 13.2 Å². The van der Waals surface area contributed by atoms with E-state index >= 15 is 0 Å². The lowest BCUT2D eigenvalue weighted by Gasteiger charge is -2.25. The molecule has 1 aliphatic heterocycles. The van der Waals surface area contributed by atoms with Crippen molar-refractivity contribution in [2.24, 2.45) is 0 Å². The first-order valence-corrected chi connectivity index (χ1v) is 7.65. The molecule has 1 aliphatic rings. The predicted octanol–water partition coefficient (Wildman–Crippen LogP) is 2.51. The molecule has 0 radical (unpaired) electrons. The fourth-order valence-corrected chi connectivity index (χ4v) is 2.64. The van der Waals surface area contributed by atoms with Gasteiger partial charge in [-0.25, -0.2) is 0 Å². The molecule has 1 aromatic carbocycles. The Morgan fingerprint density at radius 1 is 1.12 bits per heavy atom. The summed E-state index contributed by atoms with van der Waals surface area (Å²) in [5.41, 5.74) is 2.37. The lowest BCUT2D eigenvalue weighted by Crippen LogP contribution is -2.42. The van der Waals surface area contributed by atoms with Gasteiger partial charge >= 0.3 is 0 Å². The van der Waals surface area contributed by atoms with E-state index in [1.807, 2.05) is 12.1 Å². The minimum Gasteiger partial charge on any atom is -0.485 e. The zero-order chi connectivity index (χ0) is 15.4. The molecule has 2 heterocycles. The van der Waals surface area contributed by atoms with Gasteiger partial charge in [-0.05, 0) is 37.1 Å². The fourth-order valence-electron chi connectivity index (χ4n) is 2.64. The van der Waals surface area contributed by atoms with Crippen LogP contribution in [0.15, 0.2) is 22.7 Å². The summed E-state index contributed by atoms with van der Waals surface area (Å²) in [5, 5.41) is 7.31. The van der Waals surface area contributed by atoms with E-state index in [1.54, 1.807) is 0 Å². The number of aromatic nitrogens is 2. The Kier molecular flexibility index (Phi) is 8.48. The van der Waals surface area contributed by atoms with Gasteiger partial charge in [0.05, 0.1) is 6.54 Å². The van der Waals surface area contributed by atoms with Crippen molar-refractivity contribution in [3.05, 3.63) is 41.0 Å². The monoisotopic (exact) mass is 374 g/mol. The molecule has 8 heteroatoms. The lowest BCUT2D eigenvalue weighted by atomic mass is 10.1. The third kappa shape index (κ3) is 5.94. The number of benzene rings is 1. The molecule has 1 N–H and O–H groups in total. The topological polar surface area (TPSA) is 63.4 Å². The number of piperazine rings is 1. The summed E-state index contributed by atoms with van der Waals surface area (Å²) in [5.74, 6) is 2.08. The fraction of sp³-hybridized carbons (Fsp3) is 0.500. The van der Waals surface area contributed by atoms with Crippen LogP contribution in [0.25, 0.3) is 0 Å². The SMILES string of the molecule is Cc1cc(C)cc(OCc2noc(CN3CCNCC3)n2)c1.Cl.Cl. The number of nitrogens with zero attached hydrogens (tertiary/aromatic N) is 3. The first-order valence-electron chi connectivity index (χ1n) is 7.65. The van der Waals surface area contributed by atoms with Crippen LogP contribution in [-0.4, -0.2) is 41.2 Å². The van der Waals surface area contributed by atoms with Crippen molar-refractivity contribution in [1.82, 2.24) is 20.4 Å². The van der Waals surface area contributed by atoms with Gasteiger partial charge in [-0.2, -0.15) is 4.98 Å². The molecule has 3 rings (SSSR count). The van der Waals surface area contributed by atoms with Crippen molar-refractivity contribution >= 4 is 24.8 Å². The molecule has 134 valence electrons. The van der Waals surface area contributed by atoms with Gasteiger partial charge in [0.1, 0.15) is 5.75 Å². The van der Waals surface area contributed by atoms with Crippen molar-refractivity contribution < 1.29 is 9.26 Å². The average molecular weight is 375 g/mol. The van der Waals surface area contributed by atoms with Gasteiger partial charge in [0, 0.05) is 26.2 Å². The lowest BCUT2D eigenvalue weighted by molar-refractivity contribution is 0.203. The van der Waals surface area contributed by atoms with Crippen LogP contribution in [0.5, 0.6) is 5.75 Å². The maximum Gasteiger partial charge on any atom is 0.240 e. The van der Waals surface area contributed by atoms with Gasteiger partial charge in [0.25, 0.3) is 0 Å². The smallest absolute Gasteiger partial charge is 0.240 e. The first kappa shape index (κ1) is 20.7. The van der Waals surface area contributed by atoms with Crippen LogP contribution in [0.2, 0.25) is 0 Å². The highest BCUT2D eigenvalue weighted by Gasteiger charge is 2.14. The van der Waals surface area contributed by atoms with Gasteiger partial charge in [-0.1, -0.05) is 11.2 Å². The van der Waals surface area contributed by atoms with Gasteiger partial charge < -0.3 is 14.6 Å². The Labute approximate surface area is 154 Å². The van der Waals surface area contributed by atoms with Crippen LogP contribution in [0.1, 0.15) is 22.8 Å². The number of ether oxygens (including phenoxy) is 1. The third-order valence-corrected chi connectivity index (χ3v) is 3.64. The van der Waals surface area contributed by atoms with E-state index in [4.69, 9.17) is 9.26 Å². The molecule has 0 amide bonds. The van der Waals surface area contributed by atoms with Crippen molar-refractivity contribution in [3.8, 4) is 5.75 Å². The highest BCUT2D eigenvalue weighted by atomic mass is 35.5. The molecular formula is C16H24Cl2N4O2.